The Morgan fingerprint density at radius 3 is 2.42 bits per heavy atom. The summed E-state index contributed by atoms with van der Waals surface area (Å²) < 4.78 is 5.49. The molecule has 1 saturated heterocycles. The number of carbonyl (C=O) groups excluding carboxylic acids is 1. The first kappa shape index (κ1) is 14.8. The molecule has 0 spiro atoms. The van der Waals surface area contributed by atoms with Crippen LogP contribution in [0.5, 0.6) is 0 Å². The SMILES string of the molecule is CCC(C)(OC)C(=O)N(CC1CCNCC1)C1CC1. The van der Waals surface area contributed by atoms with Crippen molar-refractivity contribution < 1.29 is 9.53 Å². The van der Waals surface area contributed by atoms with Gasteiger partial charge in [-0.3, -0.25) is 4.79 Å². The lowest BCUT2D eigenvalue weighted by Crippen LogP contribution is -2.51. The Morgan fingerprint density at radius 2 is 1.95 bits per heavy atom. The van der Waals surface area contributed by atoms with Crippen LogP contribution in [0.4, 0.5) is 0 Å². The molecule has 2 aliphatic rings. The average molecular weight is 268 g/mol. The number of rotatable bonds is 6. The van der Waals surface area contributed by atoms with E-state index in [1.54, 1.807) is 7.11 Å². The zero-order chi connectivity index (χ0) is 13.9. The molecule has 1 aliphatic carbocycles. The normalized spacial score (nSPS) is 23.9. The summed E-state index contributed by atoms with van der Waals surface area (Å²) >= 11 is 0. The van der Waals surface area contributed by atoms with Gasteiger partial charge >= 0.3 is 0 Å². The minimum atomic E-state index is -0.643. The molecule has 19 heavy (non-hydrogen) atoms. The Morgan fingerprint density at radius 1 is 1.32 bits per heavy atom. The van der Waals surface area contributed by atoms with E-state index in [-0.39, 0.29) is 5.91 Å². The molecule has 0 radical (unpaired) electrons. The number of nitrogens with one attached hydrogen (secondary N) is 1. The average Bonchev–Trinajstić information content (AvgIpc) is 3.29. The summed E-state index contributed by atoms with van der Waals surface area (Å²) in [7, 11) is 1.65. The van der Waals surface area contributed by atoms with Crippen molar-refractivity contribution in [1.29, 1.82) is 0 Å². The first-order valence-corrected chi connectivity index (χ1v) is 7.67. The number of amides is 1. The Labute approximate surface area is 116 Å². The molecule has 2 fully saturated rings. The van der Waals surface area contributed by atoms with Gasteiger partial charge in [0, 0.05) is 19.7 Å². The van der Waals surface area contributed by atoms with Crippen molar-refractivity contribution in [2.45, 2.75) is 57.6 Å². The van der Waals surface area contributed by atoms with Gasteiger partial charge in [-0.05, 0) is 58.0 Å². The topological polar surface area (TPSA) is 41.6 Å². The second kappa shape index (κ2) is 6.23. The van der Waals surface area contributed by atoms with Gasteiger partial charge in [0.25, 0.3) is 5.91 Å². The smallest absolute Gasteiger partial charge is 0.254 e. The molecular weight excluding hydrogens is 240 g/mol. The standard InChI is InChI=1S/C15H28N2O2/c1-4-15(2,19-3)14(18)17(13-5-6-13)11-12-7-9-16-10-8-12/h12-13,16H,4-11H2,1-3H3. The molecule has 4 heteroatoms. The first-order valence-electron chi connectivity index (χ1n) is 7.67. The van der Waals surface area contributed by atoms with Crippen LogP contribution in [0.3, 0.4) is 0 Å². The Bertz CT molecular complexity index is 305. The van der Waals surface area contributed by atoms with Crippen molar-refractivity contribution >= 4 is 5.91 Å². The predicted octanol–water partition coefficient (Wildman–Crippen LogP) is 1.79. The summed E-state index contributed by atoms with van der Waals surface area (Å²) in [4.78, 5) is 14.9. The fourth-order valence-corrected chi connectivity index (χ4v) is 2.81. The molecular formula is C15H28N2O2. The molecule has 0 aromatic rings. The van der Waals surface area contributed by atoms with E-state index in [0.29, 0.717) is 12.0 Å². The third-order valence-corrected chi connectivity index (χ3v) is 4.74. The van der Waals surface area contributed by atoms with E-state index >= 15 is 0 Å². The maximum absolute atomic E-state index is 12.8. The molecule has 1 amide bonds. The molecule has 4 nitrogen and oxygen atoms in total. The summed E-state index contributed by atoms with van der Waals surface area (Å²) in [5, 5.41) is 3.39. The molecule has 1 unspecified atom stereocenters. The van der Waals surface area contributed by atoms with Crippen molar-refractivity contribution in [3.63, 3.8) is 0 Å². The number of hydrogen-bond donors (Lipinski definition) is 1. The van der Waals surface area contributed by atoms with Gasteiger partial charge in [-0.25, -0.2) is 0 Å². The number of carbonyl (C=O) groups is 1. The van der Waals surface area contributed by atoms with Crippen molar-refractivity contribution in [1.82, 2.24) is 10.2 Å². The van der Waals surface area contributed by atoms with Crippen LogP contribution < -0.4 is 5.32 Å². The molecule has 1 heterocycles. The van der Waals surface area contributed by atoms with Crippen molar-refractivity contribution in [3.8, 4) is 0 Å². The molecule has 1 aliphatic heterocycles. The fraction of sp³-hybridized carbons (Fsp3) is 0.933. The first-order chi connectivity index (χ1) is 9.10. The number of hydrogen-bond acceptors (Lipinski definition) is 3. The summed E-state index contributed by atoms with van der Waals surface area (Å²) in [6, 6.07) is 0.475. The van der Waals surface area contributed by atoms with E-state index in [1.165, 1.54) is 25.7 Å². The zero-order valence-corrected chi connectivity index (χ0v) is 12.6. The van der Waals surface area contributed by atoms with Gasteiger partial charge in [0.05, 0.1) is 0 Å². The second-order valence-electron chi connectivity index (χ2n) is 6.17. The Kier molecular flexibility index (Phi) is 4.85. The van der Waals surface area contributed by atoms with Crippen LogP contribution in [0.15, 0.2) is 0 Å². The van der Waals surface area contributed by atoms with Crippen LogP contribution in [0.25, 0.3) is 0 Å². The lowest BCUT2D eigenvalue weighted by atomic mass is 9.95. The maximum atomic E-state index is 12.8. The van der Waals surface area contributed by atoms with Gasteiger partial charge < -0.3 is 15.0 Å². The highest BCUT2D eigenvalue weighted by atomic mass is 16.5. The zero-order valence-electron chi connectivity index (χ0n) is 12.6. The monoisotopic (exact) mass is 268 g/mol. The van der Waals surface area contributed by atoms with Crippen molar-refractivity contribution in [3.05, 3.63) is 0 Å². The highest BCUT2D eigenvalue weighted by Gasteiger charge is 2.42. The van der Waals surface area contributed by atoms with Crippen LogP contribution in [0.2, 0.25) is 0 Å². The maximum Gasteiger partial charge on any atom is 0.254 e. The number of nitrogens with zero attached hydrogens (tertiary/aromatic N) is 1. The van der Waals surface area contributed by atoms with E-state index in [9.17, 15) is 4.79 Å². The van der Waals surface area contributed by atoms with Gasteiger partial charge in [-0.15, -0.1) is 0 Å². The summed E-state index contributed by atoms with van der Waals surface area (Å²) in [5.41, 5.74) is -0.643. The summed E-state index contributed by atoms with van der Waals surface area (Å²) in [6.45, 7) is 7.05. The molecule has 1 saturated carbocycles. The molecule has 1 N–H and O–H groups in total. The van der Waals surface area contributed by atoms with E-state index in [4.69, 9.17) is 4.74 Å². The second-order valence-corrected chi connectivity index (χ2v) is 6.17. The van der Waals surface area contributed by atoms with Gasteiger partial charge in [-0.1, -0.05) is 6.92 Å². The summed E-state index contributed by atoms with van der Waals surface area (Å²) in [6.07, 6.45) is 5.44. The van der Waals surface area contributed by atoms with E-state index < -0.39 is 5.60 Å². The van der Waals surface area contributed by atoms with Crippen molar-refractivity contribution in [2.75, 3.05) is 26.7 Å². The highest BCUT2D eigenvalue weighted by Crippen LogP contribution is 2.32. The lowest BCUT2D eigenvalue weighted by Gasteiger charge is -2.36. The molecule has 2 rings (SSSR count). The predicted molar refractivity (Wildman–Crippen MR) is 76.0 cm³/mol. The van der Waals surface area contributed by atoms with Gasteiger partial charge in [-0.2, -0.15) is 0 Å². The molecule has 1 atom stereocenters. The van der Waals surface area contributed by atoms with E-state index in [1.807, 2.05) is 13.8 Å². The minimum absolute atomic E-state index is 0.193. The van der Waals surface area contributed by atoms with Gasteiger partial charge in [0.15, 0.2) is 0 Å². The fourth-order valence-electron chi connectivity index (χ4n) is 2.81. The Balaban J connectivity index is 2.00. The largest absolute Gasteiger partial charge is 0.369 e. The number of piperidine rings is 1. The minimum Gasteiger partial charge on any atom is -0.369 e. The number of ether oxygens (including phenoxy) is 1. The molecule has 110 valence electrons. The lowest BCUT2D eigenvalue weighted by molar-refractivity contribution is -0.154. The third-order valence-electron chi connectivity index (χ3n) is 4.74. The molecule has 0 aromatic heterocycles. The highest BCUT2D eigenvalue weighted by molar-refractivity contribution is 5.85. The number of methoxy groups -OCH3 is 1. The Hall–Kier alpha value is -0.610. The van der Waals surface area contributed by atoms with Crippen molar-refractivity contribution in [2.24, 2.45) is 5.92 Å². The van der Waals surface area contributed by atoms with Gasteiger partial charge in [0.2, 0.25) is 0 Å². The van der Waals surface area contributed by atoms with Gasteiger partial charge in [0.1, 0.15) is 5.60 Å². The summed E-state index contributed by atoms with van der Waals surface area (Å²) in [5.74, 6) is 0.849. The quantitative estimate of drug-likeness (QED) is 0.798. The molecule has 0 aromatic carbocycles. The van der Waals surface area contributed by atoms with Crippen LogP contribution in [-0.2, 0) is 9.53 Å². The van der Waals surface area contributed by atoms with Crippen LogP contribution in [-0.4, -0.2) is 49.2 Å². The van der Waals surface area contributed by atoms with Crippen LogP contribution >= 0.6 is 0 Å². The van der Waals surface area contributed by atoms with Crippen LogP contribution in [0, 0.1) is 5.92 Å². The van der Waals surface area contributed by atoms with E-state index in [0.717, 1.165) is 26.1 Å². The van der Waals surface area contributed by atoms with Crippen LogP contribution in [0.1, 0.15) is 46.0 Å². The van der Waals surface area contributed by atoms with E-state index in [2.05, 4.69) is 10.2 Å². The molecule has 0 bridgehead atoms. The third kappa shape index (κ3) is 3.48.